The second kappa shape index (κ2) is 13.0. The molecule has 0 rings (SSSR count). The van der Waals surface area contributed by atoms with Gasteiger partial charge in [-0.05, 0) is 6.92 Å². The first-order valence-corrected chi connectivity index (χ1v) is 6.85. The van der Waals surface area contributed by atoms with Gasteiger partial charge in [0, 0.05) is 18.0 Å². The van der Waals surface area contributed by atoms with Crippen LogP contribution < -0.4 is 56.7 Å². The van der Waals surface area contributed by atoms with Gasteiger partial charge in [-0.1, -0.05) is 32.1 Å². The number of aliphatic hydroxyl groups excluding tert-OH is 2. The largest absolute Gasteiger partial charge is 1.00 e. The van der Waals surface area contributed by atoms with E-state index in [1.807, 2.05) is 0 Å². The van der Waals surface area contributed by atoms with E-state index in [2.05, 4.69) is 10.1 Å². The van der Waals surface area contributed by atoms with Gasteiger partial charge in [0.05, 0.1) is 13.0 Å². The Bertz CT molecular complexity index is 465. The van der Waals surface area contributed by atoms with E-state index in [0.29, 0.717) is 0 Å². The van der Waals surface area contributed by atoms with Gasteiger partial charge in [-0.25, -0.2) is 4.79 Å². The summed E-state index contributed by atoms with van der Waals surface area (Å²) in [5.74, 6) is -2.28. The molecule has 1 atom stereocenters. The van der Waals surface area contributed by atoms with Crippen LogP contribution in [0.2, 0.25) is 0 Å². The summed E-state index contributed by atoms with van der Waals surface area (Å²) >= 11 is 0. The Labute approximate surface area is 180 Å². The number of ether oxygens (including phenoxy) is 1. The van der Waals surface area contributed by atoms with Crippen LogP contribution in [0.3, 0.4) is 0 Å². The van der Waals surface area contributed by atoms with Crippen molar-refractivity contribution in [2.75, 3.05) is 13.2 Å². The minimum absolute atomic E-state index is 0. The van der Waals surface area contributed by atoms with Gasteiger partial charge in [0.15, 0.2) is 0 Å². The van der Waals surface area contributed by atoms with Crippen molar-refractivity contribution in [1.82, 2.24) is 5.32 Å². The summed E-state index contributed by atoms with van der Waals surface area (Å²) in [6, 6.07) is 0. The molecule has 0 spiro atoms. The van der Waals surface area contributed by atoms with Gasteiger partial charge in [0.2, 0.25) is 5.91 Å². The van der Waals surface area contributed by atoms with E-state index >= 15 is 0 Å². The van der Waals surface area contributed by atoms with Crippen LogP contribution in [0.1, 0.15) is 28.6 Å². The van der Waals surface area contributed by atoms with Crippen LogP contribution in [-0.4, -0.2) is 47.3 Å². The Morgan fingerprint density at radius 1 is 1.30 bits per heavy atom. The summed E-state index contributed by atoms with van der Waals surface area (Å²) in [5, 5.41) is 21.1. The molecule has 0 aromatic rings. The second-order valence-electron chi connectivity index (χ2n) is 5.27. The number of hydrogen-bond acceptors (Lipinski definition) is 6. The van der Waals surface area contributed by atoms with Crippen molar-refractivity contribution < 1.29 is 82.1 Å². The Hall–Kier alpha value is -0.354. The van der Waals surface area contributed by atoms with Crippen LogP contribution in [0.25, 0.3) is 0 Å². The summed E-state index contributed by atoms with van der Waals surface area (Å²) < 4.78 is 4.48. The molecular formula is C15H24KNO6. The number of carbonyl (C=O) groups is 3. The topological polar surface area (TPSA) is 113 Å². The molecule has 0 unspecified atom stereocenters. The Morgan fingerprint density at radius 2 is 1.91 bits per heavy atom. The monoisotopic (exact) mass is 353 g/mol. The van der Waals surface area contributed by atoms with Crippen LogP contribution in [-0.2, 0) is 19.1 Å². The number of aliphatic hydroxyl groups is 2. The average Bonchev–Trinajstić information content (AvgIpc) is 2.46. The third-order valence-corrected chi connectivity index (χ3v) is 2.77. The number of esters is 2. The number of rotatable bonds is 8. The van der Waals surface area contributed by atoms with E-state index in [0.717, 1.165) is 6.08 Å². The predicted molar refractivity (Wildman–Crippen MR) is 80.7 cm³/mol. The average molecular weight is 353 g/mol. The SMILES string of the molecule is C/C=C/C=C/C(=O)OC(=O)CCNC(=O)[C@H](O)C(C)(C)CO.[H-].[K+]. The fraction of sp³-hybridized carbons (Fsp3) is 0.533. The molecule has 0 heterocycles. The Morgan fingerprint density at radius 3 is 2.43 bits per heavy atom. The molecule has 23 heavy (non-hydrogen) atoms. The van der Waals surface area contributed by atoms with Crippen molar-refractivity contribution >= 4 is 17.8 Å². The molecule has 0 saturated heterocycles. The van der Waals surface area contributed by atoms with Crippen LogP contribution in [0.5, 0.6) is 0 Å². The third kappa shape index (κ3) is 10.9. The molecule has 8 heteroatoms. The fourth-order valence-electron chi connectivity index (χ4n) is 1.27. The number of allylic oxidation sites excluding steroid dienone is 3. The first kappa shape index (κ1) is 24.9. The molecule has 7 nitrogen and oxygen atoms in total. The van der Waals surface area contributed by atoms with Crippen LogP contribution in [0.4, 0.5) is 0 Å². The molecule has 0 saturated carbocycles. The van der Waals surface area contributed by atoms with Crippen molar-refractivity contribution in [3.8, 4) is 0 Å². The summed E-state index contributed by atoms with van der Waals surface area (Å²) in [6.45, 7) is 4.39. The normalized spacial score (nSPS) is 12.7. The number of nitrogens with one attached hydrogen (secondary N) is 1. The smallest absolute Gasteiger partial charge is 1.00 e. The van der Waals surface area contributed by atoms with Gasteiger partial charge in [-0.2, -0.15) is 0 Å². The van der Waals surface area contributed by atoms with E-state index < -0.39 is 29.4 Å². The summed E-state index contributed by atoms with van der Waals surface area (Å²) in [6.07, 6.45) is 4.24. The zero-order chi connectivity index (χ0) is 17.2. The maximum Gasteiger partial charge on any atom is 1.00 e. The molecule has 0 aliphatic rings. The van der Waals surface area contributed by atoms with Crippen LogP contribution >= 0.6 is 0 Å². The molecule has 1 amide bonds. The van der Waals surface area contributed by atoms with Crippen molar-refractivity contribution in [2.45, 2.75) is 33.3 Å². The van der Waals surface area contributed by atoms with Gasteiger partial charge in [0.1, 0.15) is 6.10 Å². The Balaban J connectivity index is -0.00000220. The van der Waals surface area contributed by atoms with E-state index in [1.165, 1.54) is 19.9 Å². The number of carbonyl (C=O) groups excluding carboxylic acids is 3. The van der Waals surface area contributed by atoms with E-state index in [4.69, 9.17) is 5.11 Å². The van der Waals surface area contributed by atoms with E-state index in [1.54, 1.807) is 19.1 Å². The molecule has 0 aromatic carbocycles. The molecule has 0 aromatic heterocycles. The van der Waals surface area contributed by atoms with Gasteiger partial charge in [-0.15, -0.1) is 0 Å². The maximum atomic E-state index is 11.6. The van der Waals surface area contributed by atoms with Crippen molar-refractivity contribution in [3.05, 3.63) is 24.3 Å². The van der Waals surface area contributed by atoms with Crippen molar-refractivity contribution in [3.63, 3.8) is 0 Å². The molecule has 0 fully saturated rings. The Kier molecular flexibility index (Phi) is 14.1. The fourth-order valence-corrected chi connectivity index (χ4v) is 1.27. The van der Waals surface area contributed by atoms with E-state index in [9.17, 15) is 19.5 Å². The third-order valence-electron chi connectivity index (χ3n) is 2.77. The standard InChI is InChI=1S/C15H23NO6.K.H/c1-4-5-6-7-11(18)22-12(19)8-9-16-14(21)13(20)15(2,3)10-17;;/h4-7,13,17,20H,8-10H2,1-3H3,(H,16,21);;/q;+1;-1/b5-4+,7-6+;;/t13-;;/m0../s1. The second-order valence-corrected chi connectivity index (χ2v) is 5.27. The molecule has 0 aliphatic heterocycles. The molecule has 0 bridgehead atoms. The zero-order valence-corrected chi connectivity index (χ0v) is 17.2. The molecule has 126 valence electrons. The minimum Gasteiger partial charge on any atom is -1.00 e. The van der Waals surface area contributed by atoms with E-state index in [-0.39, 0.29) is 72.4 Å². The quantitative estimate of drug-likeness (QED) is 0.143. The maximum absolute atomic E-state index is 11.6. The summed E-state index contributed by atoms with van der Waals surface area (Å²) in [4.78, 5) is 34.1. The molecule has 0 radical (unpaired) electrons. The first-order chi connectivity index (χ1) is 10.2. The number of hydrogen-bond donors (Lipinski definition) is 3. The van der Waals surface area contributed by atoms with Gasteiger partial charge < -0.3 is 21.7 Å². The first-order valence-electron chi connectivity index (χ1n) is 6.85. The van der Waals surface area contributed by atoms with Gasteiger partial charge >= 0.3 is 63.3 Å². The number of amides is 1. The molecule has 0 aliphatic carbocycles. The van der Waals surface area contributed by atoms with Crippen LogP contribution in [0.15, 0.2) is 24.3 Å². The summed E-state index contributed by atoms with van der Waals surface area (Å²) in [7, 11) is 0. The molecule has 3 N–H and O–H groups in total. The zero-order valence-electron chi connectivity index (χ0n) is 15.0. The van der Waals surface area contributed by atoms with Gasteiger partial charge in [-0.3, -0.25) is 9.59 Å². The van der Waals surface area contributed by atoms with Crippen LogP contribution in [0, 0.1) is 5.41 Å². The van der Waals surface area contributed by atoms with Crippen molar-refractivity contribution in [1.29, 1.82) is 0 Å². The van der Waals surface area contributed by atoms with Gasteiger partial charge in [0.25, 0.3) is 0 Å². The summed E-state index contributed by atoms with van der Waals surface area (Å²) in [5.41, 5.74) is -0.988. The minimum atomic E-state index is -1.40. The van der Waals surface area contributed by atoms with Crippen molar-refractivity contribution in [2.24, 2.45) is 5.41 Å². The molecular weight excluding hydrogens is 329 g/mol. The predicted octanol–water partition coefficient (Wildman–Crippen LogP) is -2.81.